The van der Waals surface area contributed by atoms with Gasteiger partial charge < -0.3 is 10.2 Å². The van der Waals surface area contributed by atoms with Gasteiger partial charge in [0.05, 0.1) is 4.92 Å². The van der Waals surface area contributed by atoms with Gasteiger partial charge in [0.15, 0.2) is 0 Å². The monoisotopic (exact) mass is 276 g/mol. The summed E-state index contributed by atoms with van der Waals surface area (Å²) in [6, 6.07) is 6.62. The molecule has 20 heavy (non-hydrogen) atoms. The van der Waals surface area contributed by atoms with Crippen molar-refractivity contribution in [3.63, 3.8) is 0 Å². The van der Waals surface area contributed by atoms with E-state index in [0.29, 0.717) is 11.6 Å². The highest BCUT2D eigenvalue weighted by atomic mass is 16.6. The Hall–Kier alpha value is -2.13. The second kappa shape index (κ2) is 6.87. The molecule has 0 radical (unpaired) electrons. The maximum absolute atomic E-state index is 10.9. The molecule has 1 N–H and O–H groups in total. The molecular formula is C14H20N4O2. The molecule has 6 heteroatoms. The maximum atomic E-state index is 10.9. The van der Waals surface area contributed by atoms with Crippen LogP contribution in [0.3, 0.4) is 0 Å². The molecule has 1 aromatic rings. The Bertz CT molecular complexity index is 520. The molecule has 0 saturated heterocycles. The van der Waals surface area contributed by atoms with Crippen LogP contribution in [0.4, 0.5) is 11.4 Å². The van der Waals surface area contributed by atoms with E-state index in [1.165, 1.54) is 12.1 Å². The van der Waals surface area contributed by atoms with Crippen LogP contribution in [0.15, 0.2) is 18.2 Å². The molecule has 0 aliphatic heterocycles. The first-order valence-corrected chi connectivity index (χ1v) is 6.45. The van der Waals surface area contributed by atoms with E-state index in [4.69, 9.17) is 5.26 Å². The van der Waals surface area contributed by atoms with Crippen molar-refractivity contribution < 1.29 is 4.92 Å². The standard InChI is InChI=1S/C14H20N4O2/c1-10(2)13(9-17(3)4)16-12-6-5-11(8-15)14(7-12)18(19)20/h5-7,10,13,16H,9H2,1-4H3. The summed E-state index contributed by atoms with van der Waals surface area (Å²) in [4.78, 5) is 12.5. The molecule has 0 saturated carbocycles. The maximum Gasteiger partial charge on any atom is 0.289 e. The predicted octanol–water partition coefficient (Wildman–Crippen LogP) is 2.46. The zero-order valence-electron chi connectivity index (χ0n) is 12.3. The van der Waals surface area contributed by atoms with Crippen LogP contribution in [0.5, 0.6) is 0 Å². The number of nitro benzene ring substituents is 1. The lowest BCUT2D eigenvalue weighted by Crippen LogP contribution is -2.36. The van der Waals surface area contributed by atoms with E-state index in [9.17, 15) is 10.1 Å². The van der Waals surface area contributed by atoms with Gasteiger partial charge in [0.1, 0.15) is 11.6 Å². The van der Waals surface area contributed by atoms with Gasteiger partial charge in [-0.05, 0) is 32.1 Å². The summed E-state index contributed by atoms with van der Waals surface area (Å²) < 4.78 is 0. The molecule has 1 rings (SSSR count). The Labute approximate surface area is 119 Å². The first kappa shape index (κ1) is 15.9. The van der Waals surface area contributed by atoms with Crippen LogP contribution in [0.25, 0.3) is 0 Å². The van der Waals surface area contributed by atoms with Crippen molar-refractivity contribution in [3.8, 4) is 6.07 Å². The second-order valence-electron chi connectivity index (χ2n) is 5.36. The number of hydrogen-bond donors (Lipinski definition) is 1. The lowest BCUT2D eigenvalue weighted by Gasteiger charge is -2.26. The number of benzene rings is 1. The number of nitrogens with zero attached hydrogens (tertiary/aromatic N) is 3. The fourth-order valence-electron chi connectivity index (χ4n) is 1.90. The molecule has 0 amide bonds. The molecule has 1 aromatic carbocycles. The summed E-state index contributed by atoms with van der Waals surface area (Å²) in [5.41, 5.74) is 0.579. The third-order valence-electron chi connectivity index (χ3n) is 3.03. The van der Waals surface area contributed by atoms with E-state index >= 15 is 0 Å². The van der Waals surface area contributed by atoms with Gasteiger partial charge in [-0.3, -0.25) is 10.1 Å². The Morgan fingerprint density at radius 2 is 2.10 bits per heavy atom. The molecule has 0 spiro atoms. The van der Waals surface area contributed by atoms with Crippen LogP contribution in [-0.2, 0) is 0 Å². The average Bonchev–Trinajstić information content (AvgIpc) is 2.37. The smallest absolute Gasteiger partial charge is 0.289 e. The van der Waals surface area contributed by atoms with Crippen LogP contribution >= 0.6 is 0 Å². The topological polar surface area (TPSA) is 82.2 Å². The third kappa shape index (κ3) is 4.21. The number of hydrogen-bond acceptors (Lipinski definition) is 5. The number of nitro groups is 1. The van der Waals surface area contributed by atoms with Crippen molar-refractivity contribution in [1.29, 1.82) is 5.26 Å². The van der Waals surface area contributed by atoms with Crippen molar-refractivity contribution in [2.75, 3.05) is 26.0 Å². The zero-order chi connectivity index (χ0) is 15.3. The molecular weight excluding hydrogens is 256 g/mol. The second-order valence-corrected chi connectivity index (χ2v) is 5.36. The number of anilines is 1. The Morgan fingerprint density at radius 1 is 1.45 bits per heavy atom. The Morgan fingerprint density at radius 3 is 2.55 bits per heavy atom. The van der Waals surface area contributed by atoms with Crippen molar-refractivity contribution >= 4 is 11.4 Å². The van der Waals surface area contributed by atoms with Gasteiger partial charge in [-0.1, -0.05) is 13.8 Å². The van der Waals surface area contributed by atoms with E-state index < -0.39 is 4.92 Å². The molecule has 0 fully saturated rings. The van der Waals surface area contributed by atoms with E-state index in [0.717, 1.165) is 6.54 Å². The molecule has 0 aliphatic carbocycles. The number of nitriles is 1. The molecule has 0 aliphatic rings. The fourth-order valence-corrected chi connectivity index (χ4v) is 1.90. The third-order valence-corrected chi connectivity index (χ3v) is 3.03. The molecule has 1 unspecified atom stereocenters. The van der Waals surface area contributed by atoms with Crippen LogP contribution in [0.2, 0.25) is 0 Å². The van der Waals surface area contributed by atoms with Crippen molar-refractivity contribution in [2.24, 2.45) is 5.92 Å². The Kier molecular flexibility index (Phi) is 5.47. The quantitative estimate of drug-likeness (QED) is 0.637. The summed E-state index contributed by atoms with van der Waals surface area (Å²) in [7, 11) is 3.97. The minimum absolute atomic E-state index is 0.0780. The van der Waals surface area contributed by atoms with Gasteiger partial charge in [-0.2, -0.15) is 5.26 Å². The van der Waals surface area contributed by atoms with Crippen molar-refractivity contribution in [2.45, 2.75) is 19.9 Å². The van der Waals surface area contributed by atoms with Gasteiger partial charge in [-0.25, -0.2) is 0 Å². The van der Waals surface area contributed by atoms with Crippen LogP contribution in [0.1, 0.15) is 19.4 Å². The molecule has 6 nitrogen and oxygen atoms in total. The summed E-state index contributed by atoms with van der Waals surface area (Å²) in [5, 5.41) is 23.1. The van der Waals surface area contributed by atoms with Crippen LogP contribution in [0, 0.1) is 27.4 Å². The minimum Gasteiger partial charge on any atom is -0.381 e. The van der Waals surface area contributed by atoms with E-state index in [1.54, 1.807) is 6.07 Å². The first-order valence-electron chi connectivity index (χ1n) is 6.45. The van der Waals surface area contributed by atoms with Crippen LogP contribution < -0.4 is 5.32 Å². The van der Waals surface area contributed by atoms with Gasteiger partial charge in [-0.15, -0.1) is 0 Å². The highest BCUT2D eigenvalue weighted by Gasteiger charge is 2.18. The van der Waals surface area contributed by atoms with Gasteiger partial charge in [0.2, 0.25) is 0 Å². The highest BCUT2D eigenvalue weighted by molar-refractivity contribution is 5.59. The zero-order valence-corrected chi connectivity index (χ0v) is 12.3. The predicted molar refractivity (Wildman–Crippen MR) is 78.6 cm³/mol. The SMILES string of the molecule is CC(C)C(CN(C)C)Nc1ccc(C#N)c([N+](=O)[O-])c1. The first-order chi connectivity index (χ1) is 9.35. The summed E-state index contributed by atoms with van der Waals surface area (Å²) in [6.07, 6.45) is 0. The van der Waals surface area contributed by atoms with Crippen LogP contribution in [-0.4, -0.2) is 36.5 Å². The summed E-state index contributed by atoms with van der Waals surface area (Å²) in [6.45, 7) is 5.02. The lowest BCUT2D eigenvalue weighted by atomic mass is 10.0. The fraction of sp³-hybridized carbons (Fsp3) is 0.500. The number of likely N-dealkylation sites (N-methyl/N-ethyl adjacent to an activating group) is 1. The van der Waals surface area contributed by atoms with Crippen molar-refractivity contribution in [3.05, 3.63) is 33.9 Å². The molecule has 0 bridgehead atoms. The van der Waals surface area contributed by atoms with Gasteiger partial charge >= 0.3 is 0 Å². The van der Waals surface area contributed by atoms with E-state index in [-0.39, 0.29) is 17.3 Å². The molecule has 0 aromatic heterocycles. The molecule has 0 heterocycles. The summed E-state index contributed by atoms with van der Waals surface area (Å²) in [5.74, 6) is 0.382. The van der Waals surface area contributed by atoms with E-state index in [1.807, 2.05) is 20.2 Å². The van der Waals surface area contributed by atoms with Gasteiger partial charge in [0.25, 0.3) is 5.69 Å². The lowest BCUT2D eigenvalue weighted by molar-refractivity contribution is -0.385. The van der Waals surface area contributed by atoms with Crippen molar-refractivity contribution in [1.82, 2.24) is 4.90 Å². The minimum atomic E-state index is -0.528. The van der Waals surface area contributed by atoms with Gasteiger partial charge in [0, 0.05) is 24.3 Å². The normalized spacial score (nSPS) is 12.2. The Balaban J connectivity index is 2.99. The number of rotatable bonds is 6. The summed E-state index contributed by atoms with van der Waals surface area (Å²) >= 11 is 0. The average molecular weight is 276 g/mol. The molecule has 1 atom stereocenters. The highest BCUT2D eigenvalue weighted by Crippen LogP contribution is 2.23. The molecule has 108 valence electrons. The number of nitrogens with one attached hydrogen (secondary N) is 1. The van der Waals surface area contributed by atoms with E-state index in [2.05, 4.69) is 24.1 Å². The largest absolute Gasteiger partial charge is 0.381 e.